The van der Waals surface area contributed by atoms with Crippen molar-refractivity contribution in [1.82, 2.24) is 20.0 Å². The average Bonchev–Trinajstić information content (AvgIpc) is 3.51. The van der Waals surface area contributed by atoms with Gasteiger partial charge >= 0.3 is 0 Å². The molecule has 5 rings (SSSR count). The third-order valence-electron chi connectivity index (χ3n) is 5.85. The van der Waals surface area contributed by atoms with Gasteiger partial charge in [0, 0.05) is 41.7 Å². The number of likely N-dealkylation sites (tertiary alicyclic amines) is 1. The largest absolute Gasteiger partial charge is 0.354 e. The monoisotopic (exact) mass is 532 g/mol. The lowest BCUT2D eigenvalue weighted by molar-refractivity contribution is 0.0712. The number of benzene rings is 1. The van der Waals surface area contributed by atoms with Crippen molar-refractivity contribution >= 4 is 52.0 Å². The van der Waals surface area contributed by atoms with Crippen LogP contribution in [0.2, 0.25) is 15.2 Å². The molecule has 0 radical (unpaired) electrons. The van der Waals surface area contributed by atoms with Crippen LogP contribution in [0.15, 0.2) is 46.3 Å². The van der Waals surface area contributed by atoms with Gasteiger partial charge in [0.2, 0.25) is 0 Å². The third kappa shape index (κ3) is 4.70. The molecule has 4 aromatic rings. The number of carbonyl (C=O) groups excluding carboxylic acids is 1. The van der Waals surface area contributed by atoms with Crippen molar-refractivity contribution in [2.45, 2.75) is 25.7 Å². The Hall–Kier alpha value is -2.45. The molecule has 1 fully saturated rings. The summed E-state index contributed by atoms with van der Waals surface area (Å²) in [6, 6.07) is 10.7. The summed E-state index contributed by atoms with van der Waals surface area (Å²) in [5.41, 5.74) is 3.47. The fourth-order valence-electron chi connectivity index (χ4n) is 3.96. The number of hydrogen-bond acceptors (Lipinski definition) is 6. The number of hydrogen-bond donors (Lipinski definition) is 0. The molecule has 0 N–H and O–H groups in total. The van der Waals surface area contributed by atoms with Gasteiger partial charge in [-0.1, -0.05) is 46.0 Å². The summed E-state index contributed by atoms with van der Waals surface area (Å²) in [4.78, 5) is 23.7. The zero-order valence-electron chi connectivity index (χ0n) is 18.1. The van der Waals surface area contributed by atoms with Crippen molar-refractivity contribution in [2.75, 3.05) is 13.1 Å². The molecule has 1 aliphatic rings. The SMILES string of the molecule is Cc1ccc(C(=O)N2CCC(c3nc(-c4cc(-c5ccc(Cl)c(Cl)c5)no4)cs3)CC2)c(Cl)n1. The van der Waals surface area contributed by atoms with E-state index in [0.29, 0.717) is 40.2 Å². The number of carbonyl (C=O) groups is 1. The highest BCUT2D eigenvalue weighted by Gasteiger charge is 2.28. The fourth-order valence-corrected chi connectivity index (χ4v) is 5.52. The minimum Gasteiger partial charge on any atom is -0.354 e. The van der Waals surface area contributed by atoms with E-state index in [9.17, 15) is 4.79 Å². The lowest BCUT2D eigenvalue weighted by Crippen LogP contribution is -2.38. The summed E-state index contributed by atoms with van der Waals surface area (Å²) in [5.74, 6) is 0.803. The summed E-state index contributed by atoms with van der Waals surface area (Å²) in [6.07, 6.45) is 1.67. The molecule has 0 atom stereocenters. The summed E-state index contributed by atoms with van der Waals surface area (Å²) >= 11 is 19.9. The second-order valence-electron chi connectivity index (χ2n) is 8.13. The van der Waals surface area contributed by atoms with Crippen molar-refractivity contribution < 1.29 is 9.32 Å². The second-order valence-corrected chi connectivity index (χ2v) is 10.2. The normalized spacial score (nSPS) is 14.5. The number of piperidine rings is 1. The van der Waals surface area contributed by atoms with E-state index in [0.717, 1.165) is 34.8 Å². The van der Waals surface area contributed by atoms with E-state index < -0.39 is 0 Å². The lowest BCUT2D eigenvalue weighted by atomic mass is 9.97. The van der Waals surface area contributed by atoms with Crippen LogP contribution in [0, 0.1) is 6.92 Å². The standard InChI is InChI=1S/C24H19Cl3N4O2S/c1-13-2-4-16(22(27)28-13)24(32)31-8-6-14(7-9-31)23-29-20(12-34-23)21-11-19(30-33-21)15-3-5-17(25)18(26)10-15/h2-5,10-12,14H,6-9H2,1H3. The molecular formula is C24H19Cl3N4O2S. The highest BCUT2D eigenvalue weighted by atomic mass is 35.5. The van der Waals surface area contributed by atoms with Crippen LogP contribution in [0.5, 0.6) is 0 Å². The molecule has 174 valence electrons. The fraction of sp³-hybridized carbons (Fsp3) is 0.250. The van der Waals surface area contributed by atoms with E-state index in [1.54, 1.807) is 35.6 Å². The van der Waals surface area contributed by atoms with Crippen LogP contribution in [0.3, 0.4) is 0 Å². The molecule has 0 bridgehead atoms. The Morgan fingerprint density at radius 3 is 2.56 bits per heavy atom. The second kappa shape index (κ2) is 9.66. The molecule has 3 aromatic heterocycles. The number of aromatic nitrogens is 3. The van der Waals surface area contributed by atoms with E-state index in [4.69, 9.17) is 44.3 Å². The summed E-state index contributed by atoms with van der Waals surface area (Å²) in [7, 11) is 0. The number of amides is 1. The Morgan fingerprint density at radius 1 is 1.03 bits per heavy atom. The molecule has 0 spiro atoms. The number of nitrogens with zero attached hydrogens (tertiary/aromatic N) is 4. The quantitative estimate of drug-likeness (QED) is 0.261. The minimum atomic E-state index is -0.0766. The van der Waals surface area contributed by atoms with E-state index in [-0.39, 0.29) is 17.0 Å². The van der Waals surface area contributed by atoms with E-state index >= 15 is 0 Å². The first-order valence-electron chi connectivity index (χ1n) is 10.7. The van der Waals surface area contributed by atoms with Crippen molar-refractivity contribution in [3.63, 3.8) is 0 Å². The van der Waals surface area contributed by atoms with E-state index in [1.165, 1.54) is 0 Å². The predicted octanol–water partition coefficient (Wildman–Crippen LogP) is 7.15. The average molecular weight is 534 g/mol. The van der Waals surface area contributed by atoms with Gasteiger partial charge in [-0.15, -0.1) is 11.3 Å². The highest BCUT2D eigenvalue weighted by Crippen LogP contribution is 2.35. The molecule has 34 heavy (non-hydrogen) atoms. The van der Waals surface area contributed by atoms with Gasteiger partial charge in [0.15, 0.2) is 5.76 Å². The van der Waals surface area contributed by atoms with E-state index in [2.05, 4.69) is 10.1 Å². The Bertz CT molecular complexity index is 1360. The smallest absolute Gasteiger partial charge is 0.256 e. The maximum Gasteiger partial charge on any atom is 0.256 e. The van der Waals surface area contributed by atoms with Gasteiger partial charge in [-0.2, -0.15) is 0 Å². The molecule has 0 unspecified atom stereocenters. The molecule has 1 aromatic carbocycles. The first kappa shape index (κ1) is 23.3. The number of thiazole rings is 1. The number of aryl methyl sites for hydroxylation is 1. The highest BCUT2D eigenvalue weighted by molar-refractivity contribution is 7.10. The van der Waals surface area contributed by atoms with Crippen LogP contribution < -0.4 is 0 Å². The lowest BCUT2D eigenvalue weighted by Gasteiger charge is -2.31. The van der Waals surface area contributed by atoms with Crippen molar-refractivity contribution in [1.29, 1.82) is 0 Å². The molecule has 1 saturated heterocycles. The Kier molecular flexibility index (Phi) is 6.62. The van der Waals surface area contributed by atoms with Gasteiger partial charge in [0.25, 0.3) is 5.91 Å². The maximum absolute atomic E-state index is 12.9. The van der Waals surface area contributed by atoms with Crippen LogP contribution in [0.4, 0.5) is 0 Å². The van der Waals surface area contributed by atoms with Crippen molar-refractivity contribution in [3.8, 4) is 22.7 Å². The van der Waals surface area contributed by atoms with Gasteiger partial charge in [-0.05, 0) is 44.0 Å². The molecule has 1 amide bonds. The van der Waals surface area contributed by atoms with Crippen molar-refractivity contribution in [3.05, 3.63) is 73.2 Å². The molecule has 6 nitrogen and oxygen atoms in total. The molecule has 0 saturated carbocycles. The Morgan fingerprint density at radius 2 is 1.82 bits per heavy atom. The maximum atomic E-state index is 12.9. The first-order valence-corrected chi connectivity index (χ1v) is 12.7. The first-order chi connectivity index (χ1) is 16.4. The van der Waals surface area contributed by atoms with Gasteiger partial charge in [0.1, 0.15) is 16.5 Å². The number of pyridine rings is 1. The van der Waals surface area contributed by atoms with Gasteiger partial charge < -0.3 is 9.42 Å². The van der Waals surface area contributed by atoms with Crippen LogP contribution >= 0.6 is 46.1 Å². The topological polar surface area (TPSA) is 72.1 Å². The summed E-state index contributed by atoms with van der Waals surface area (Å²) in [5, 5.41) is 8.37. The zero-order chi connectivity index (χ0) is 23.8. The predicted molar refractivity (Wildman–Crippen MR) is 135 cm³/mol. The number of rotatable bonds is 4. The minimum absolute atomic E-state index is 0.0766. The van der Waals surface area contributed by atoms with Gasteiger partial charge in [-0.25, -0.2) is 9.97 Å². The van der Waals surface area contributed by atoms with Crippen molar-refractivity contribution in [2.24, 2.45) is 0 Å². The number of halogens is 3. The Balaban J connectivity index is 1.25. The zero-order valence-corrected chi connectivity index (χ0v) is 21.2. The van der Waals surface area contributed by atoms with E-state index in [1.807, 2.05) is 29.3 Å². The molecule has 4 heterocycles. The molecule has 1 aliphatic heterocycles. The van der Waals surface area contributed by atoms with Crippen LogP contribution in [0.25, 0.3) is 22.7 Å². The summed E-state index contributed by atoms with van der Waals surface area (Å²) < 4.78 is 5.54. The van der Waals surface area contributed by atoms with Gasteiger partial charge in [-0.3, -0.25) is 4.79 Å². The van der Waals surface area contributed by atoms with Crippen LogP contribution in [-0.2, 0) is 0 Å². The van der Waals surface area contributed by atoms with Gasteiger partial charge in [0.05, 0.1) is 20.6 Å². The van der Waals surface area contributed by atoms with Crippen LogP contribution in [-0.4, -0.2) is 39.0 Å². The van der Waals surface area contributed by atoms with Crippen LogP contribution in [0.1, 0.15) is 39.8 Å². The molecule has 0 aliphatic carbocycles. The summed E-state index contributed by atoms with van der Waals surface area (Å²) in [6.45, 7) is 3.14. The molecular weight excluding hydrogens is 515 g/mol. The molecule has 10 heteroatoms. The Labute approximate surface area is 215 Å². The third-order valence-corrected chi connectivity index (χ3v) is 7.88.